The van der Waals surface area contributed by atoms with Gasteiger partial charge in [-0.15, -0.1) is 5.75 Å². The van der Waals surface area contributed by atoms with Crippen LogP contribution in [0.3, 0.4) is 0 Å². The average Bonchev–Trinajstić information content (AvgIpc) is 2.01. The van der Waals surface area contributed by atoms with E-state index in [0.29, 0.717) is 5.41 Å². The molecular formula is C8H8NO4S-. The van der Waals surface area contributed by atoms with Gasteiger partial charge in [0.05, 0.1) is 5.69 Å². The zero-order valence-electron chi connectivity index (χ0n) is 7.10. The summed E-state index contributed by atoms with van der Waals surface area (Å²) < 4.78 is 24.0. The molecule has 0 saturated heterocycles. The number of sulfonamides is 1. The highest BCUT2D eigenvalue weighted by molar-refractivity contribution is 7.95. The van der Waals surface area contributed by atoms with Gasteiger partial charge in [0.2, 0.25) is 0 Å². The third-order valence-electron chi connectivity index (χ3n) is 1.37. The van der Waals surface area contributed by atoms with Crippen LogP contribution in [0.15, 0.2) is 30.2 Å². The summed E-state index contributed by atoms with van der Waals surface area (Å²) in [6.07, 6.45) is 0. The lowest BCUT2D eigenvalue weighted by Gasteiger charge is -2.10. The average molecular weight is 214 g/mol. The third kappa shape index (κ3) is 2.67. The van der Waals surface area contributed by atoms with Crippen LogP contribution in [0.5, 0.6) is 11.5 Å². The molecule has 0 aromatic heterocycles. The van der Waals surface area contributed by atoms with Gasteiger partial charge in [0.15, 0.2) is 0 Å². The lowest BCUT2D eigenvalue weighted by Crippen LogP contribution is -2.08. The molecule has 0 radical (unpaired) electrons. The van der Waals surface area contributed by atoms with Crippen molar-refractivity contribution in [3.05, 3.63) is 30.2 Å². The van der Waals surface area contributed by atoms with Crippen LogP contribution in [-0.2, 0) is 10.0 Å². The van der Waals surface area contributed by atoms with Crippen molar-refractivity contribution in [3.8, 4) is 11.5 Å². The molecule has 0 fully saturated rings. The molecule has 0 amide bonds. The first kappa shape index (κ1) is 10.4. The van der Waals surface area contributed by atoms with Crippen molar-refractivity contribution in [2.75, 3.05) is 4.72 Å². The van der Waals surface area contributed by atoms with E-state index in [9.17, 15) is 13.5 Å². The van der Waals surface area contributed by atoms with E-state index in [-0.39, 0.29) is 11.4 Å². The Bertz CT molecular complexity index is 432. The van der Waals surface area contributed by atoms with Crippen molar-refractivity contribution in [1.82, 2.24) is 0 Å². The zero-order chi connectivity index (χ0) is 10.8. The van der Waals surface area contributed by atoms with Gasteiger partial charge < -0.3 is 10.2 Å². The molecule has 0 unspecified atom stereocenters. The quantitative estimate of drug-likeness (QED) is 0.759. The van der Waals surface area contributed by atoms with Crippen LogP contribution in [0, 0.1) is 0 Å². The standard InChI is InChI=1S/C8H9NO4S/c1-2-14(12,13)9-6-3-7(10)5-8(11)4-6/h2-5,9-11H,1H2/p-1. The molecule has 14 heavy (non-hydrogen) atoms. The van der Waals surface area contributed by atoms with Gasteiger partial charge >= 0.3 is 0 Å². The number of hydrogen-bond acceptors (Lipinski definition) is 4. The van der Waals surface area contributed by atoms with Crippen LogP contribution < -0.4 is 9.83 Å². The minimum Gasteiger partial charge on any atom is -0.872 e. The van der Waals surface area contributed by atoms with Crippen LogP contribution in [0.25, 0.3) is 0 Å². The summed E-state index contributed by atoms with van der Waals surface area (Å²) in [5.41, 5.74) is 0.00917. The fourth-order valence-electron chi connectivity index (χ4n) is 0.848. The highest BCUT2D eigenvalue weighted by Gasteiger charge is 2.04. The highest BCUT2D eigenvalue weighted by atomic mass is 32.2. The van der Waals surface area contributed by atoms with Crippen LogP contribution >= 0.6 is 0 Å². The second kappa shape index (κ2) is 3.59. The Hall–Kier alpha value is -1.69. The third-order valence-corrected chi connectivity index (χ3v) is 2.33. The second-order valence-electron chi connectivity index (χ2n) is 2.53. The normalized spacial score (nSPS) is 10.9. The molecule has 6 heteroatoms. The smallest absolute Gasteiger partial charge is 0.254 e. The number of benzene rings is 1. The van der Waals surface area contributed by atoms with Crippen LogP contribution in [-0.4, -0.2) is 13.5 Å². The maximum atomic E-state index is 11.0. The topological polar surface area (TPSA) is 89.5 Å². The van der Waals surface area contributed by atoms with Crippen molar-refractivity contribution in [1.29, 1.82) is 0 Å². The molecule has 0 heterocycles. The van der Waals surface area contributed by atoms with Gasteiger partial charge in [0.1, 0.15) is 5.75 Å². The van der Waals surface area contributed by atoms with E-state index in [4.69, 9.17) is 5.11 Å². The van der Waals surface area contributed by atoms with Gasteiger partial charge in [0, 0.05) is 11.5 Å². The van der Waals surface area contributed by atoms with Crippen LogP contribution in [0.2, 0.25) is 0 Å². The van der Waals surface area contributed by atoms with Gasteiger partial charge in [-0.05, 0) is 12.1 Å². The summed E-state index contributed by atoms with van der Waals surface area (Å²) in [5.74, 6) is -0.772. The number of phenols is 1. The molecule has 5 nitrogen and oxygen atoms in total. The Morgan fingerprint density at radius 2 is 2.07 bits per heavy atom. The van der Waals surface area contributed by atoms with Gasteiger partial charge in [0.25, 0.3) is 10.0 Å². The minimum absolute atomic E-state index is 0.00917. The highest BCUT2D eigenvalue weighted by Crippen LogP contribution is 2.22. The fraction of sp³-hybridized carbons (Fsp3) is 0. The maximum Gasteiger partial charge on any atom is 0.254 e. The van der Waals surface area contributed by atoms with E-state index in [1.165, 1.54) is 0 Å². The Morgan fingerprint density at radius 1 is 1.43 bits per heavy atom. The number of hydrogen-bond donors (Lipinski definition) is 2. The molecule has 0 saturated carbocycles. The molecule has 0 aliphatic carbocycles. The summed E-state index contributed by atoms with van der Waals surface area (Å²) in [7, 11) is -3.64. The SMILES string of the molecule is C=CS(=O)(=O)Nc1cc([O-])cc(O)c1. The van der Waals surface area contributed by atoms with Gasteiger partial charge in [-0.2, -0.15) is 0 Å². The van der Waals surface area contributed by atoms with Gasteiger partial charge in [-0.3, -0.25) is 4.72 Å². The number of phenolic OH excluding ortho intramolecular Hbond substituents is 1. The van der Waals surface area contributed by atoms with E-state index in [2.05, 4.69) is 6.58 Å². The maximum absolute atomic E-state index is 11.0. The van der Waals surface area contributed by atoms with E-state index >= 15 is 0 Å². The molecule has 2 N–H and O–H groups in total. The van der Waals surface area contributed by atoms with E-state index in [1.54, 1.807) is 0 Å². The van der Waals surface area contributed by atoms with Crippen LogP contribution in [0.4, 0.5) is 5.69 Å². The molecular weight excluding hydrogens is 206 g/mol. The minimum atomic E-state index is -3.64. The predicted octanol–water partition coefficient (Wildman–Crippen LogP) is 0.351. The molecule has 0 aliphatic rings. The van der Waals surface area contributed by atoms with Crippen LogP contribution in [0.1, 0.15) is 0 Å². The molecule has 1 rings (SSSR count). The first-order valence-electron chi connectivity index (χ1n) is 3.59. The number of aromatic hydroxyl groups is 1. The summed E-state index contributed by atoms with van der Waals surface area (Å²) >= 11 is 0. The van der Waals surface area contributed by atoms with E-state index < -0.39 is 15.8 Å². The number of nitrogens with one attached hydrogen (secondary N) is 1. The second-order valence-corrected chi connectivity index (χ2v) is 4.16. The van der Waals surface area contributed by atoms with Crippen molar-refractivity contribution in [3.63, 3.8) is 0 Å². The van der Waals surface area contributed by atoms with E-state index in [1.807, 2.05) is 4.72 Å². The fourth-order valence-corrected chi connectivity index (χ4v) is 1.38. The molecule has 0 aliphatic heterocycles. The Morgan fingerprint density at radius 3 is 2.57 bits per heavy atom. The first-order valence-corrected chi connectivity index (χ1v) is 5.14. The summed E-state index contributed by atoms with van der Waals surface area (Å²) in [5, 5.41) is 20.6. The molecule has 0 atom stereocenters. The number of rotatable bonds is 3. The summed E-state index contributed by atoms with van der Waals surface area (Å²) in [4.78, 5) is 0. The predicted molar refractivity (Wildman–Crippen MR) is 50.3 cm³/mol. The van der Waals surface area contributed by atoms with Crippen molar-refractivity contribution in [2.45, 2.75) is 0 Å². The first-order chi connectivity index (χ1) is 6.43. The zero-order valence-corrected chi connectivity index (χ0v) is 7.91. The molecule has 1 aromatic rings. The Kier molecular flexibility index (Phi) is 2.66. The summed E-state index contributed by atoms with van der Waals surface area (Å²) in [6.45, 7) is 3.08. The van der Waals surface area contributed by atoms with Crippen molar-refractivity contribution >= 4 is 15.7 Å². The van der Waals surface area contributed by atoms with E-state index in [0.717, 1.165) is 18.2 Å². The Balaban J connectivity index is 3.04. The molecule has 0 spiro atoms. The lowest BCUT2D eigenvalue weighted by molar-refractivity contribution is -0.268. The monoisotopic (exact) mass is 214 g/mol. The number of anilines is 1. The lowest BCUT2D eigenvalue weighted by atomic mass is 10.3. The van der Waals surface area contributed by atoms with Gasteiger partial charge in [-0.25, -0.2) is 8.42 Å². The van der Waals surface area contributed by atoms with Gasteiger partial charge in [-0.1, -0.05) is 6.58 Å². The summed E-state index contributed by atoms with van der Waals surface area (Å²) in [6, 6.07) is 3.16. The van der Waals surface area contributed by atoms with Crippen molar-refractivity contribution < 1.29 is 18.6 Å². The molecule has 1 aromatic carbocycles. The molecule has 76 valence electrons. The Labute approximate surface area is 81.4 Å². The largest absolute Gasteiger partial charge is 0.872 e. The molecule has 0 bridgehead atoms. The van der Waals surface area contributed by atoms with Crippen molar-refractivity contribution in [2.24, 2.45) is 0 Å².